The standard InChI is InChI=1S/C14H20N2O2/c1-14(2)8-7-12(18-14)9-16-11-5-3-10(4-6-11)13(15)17/h3-6,12,16H,7-9H2,1-2H3,(H2,15,17). The predicted octanol–water partition coefficient (Wildman–Crippen LogP) is 2.16. The van der Waals surface area contributed by atoms with Crippen LogP contribution < -0.4 is 11.1 Å². The Morgan fingerprint density at radius 3 is 2.61 bits per heavy atom. The number of carbonyl (C=O) groups excluding carboxylic acids is 1. The van der Waals surface area contributed by atoms with Crippen molar-refractivity contribution in [2.45, 2.75) is 38.4 Å². The van der Waals surface area contributed by atoms with E-state index in [4.69, 9.17) is 10.5 Å². The third-order valence-corrected chi connectivity index (χ3v) is 3.26. The third-order valence-electron chi connectivity index (χ3n) is 3.26. The number of nitrogens with one attached hydrogen (secondary N) is 1. The first-order chi connectivity index (χ1) is 8.46. The predicted molar refractivity (Wildman–Crippen MR) is 71.6 cm³/mol. The molecule has 1 unspecified atom stereocenters. The Kier molecular flexibility index (Phi) is 3.57. The Balaban J connectivity index is 1.85. The number of hydrogen-bond acceptors (Lipinski definition) is 3. The van der Waals surface area contributed by atoms with Crippen LogP contribution in [0.1, 0.15) is 37.0 Å². The molecule has 1 fully saturated rings. The topological polar surface area (TPSA) is 64.3 Å². The minimum absolute atomic E-state index is 0.00216. The SMILES string of the molecule is CC1(C)CCC(CNc2ccc(C(N)=O)cc2)O1. The fourth-order valence-corrected chi connectivity index (χ4v) is 2.21. The highest BCUT2D eigenvalue weighted by atomic mass is 16.5. The fourth-order valence-electron chi connectivity index (χ4n) is 2.21. The molecule has 1 aliphatic heterocycles. The van der Waals surface area contributed by atoms with Crippen LogP contribution in [0, 0.1) is 0 Å². The van der Waals surface area contributed by atoms with Crippen molar-refractivity contribution in [3.63, 3.8) is 0 Å². The summed E-state index contributed by atoms with van der Waals surface area (Å²) in [6, 6.07) is 7.18. The van der Waals surface area contributed by atoms with Crippen LogP contribution in [0.4, 0.5) is 5.69 Å². The van der Waals surface area contributed by atoms with Crippen molar-refractivity contribution in [1.82, 2.24) is 0 Å². The molecule has 1 aromatic carbocycles. The van der Waals surface area contributed by atoms with Crippen molar-refractivity contribution in [3.05, 3.63) is 29.8 Å². The van der Waals surface area contributed by atoms with Crippen LogP contribution in [0.25, 0.3) is 0 Å². The molecular weight excluding hydrogens is 228 g/mol. The maximum Gasteiger partial charge on any atom is 0.248 e. The summed E-state index contributed by atoms with van der Waals surface area (Å²) in [5.74, 6) is -0.401. The van der Waals surface area contributed by atoms with E-state index < -0.39 is 5.91 Å². The molecule has 98 valence electrons. The molecule has 1 saturated heterocycles. The maximum atomic E-state index is 10.9. The Labute approximate surface area is 108 Å². The summed E-state index contributed by atoms with van der Waals surface area (Å²) in [7, 11) is 0. The quantitative estimate of drug-likeness (QED) is 0.858. The highest BCUT2D eigenvalue weighted by molar-refractivity contribution is 5.93. The third kappa shape index (κ3) is 3.23. The van der Waals surface area contributed by atoms with Crippen molar-refractivity contribution in [1.29, 1.82) is 0 Å². The van der Waals surface area contributed by atoms with E-state index in [-0.39, 0.29) is 11.7 Å². The van der Waals surface area contributed by atoms with Gasteiger partial charge in [0.1, 0.15) is 0 Å². The summed E-state index contributed by atoms with van der Waals surface area (Å²) in [6.45, 7) is 5.03. The number of carbonyl (C=O) groups is 1. The Morgan fingerprint density at radius 1 is 1.44 bits per heavy atom. The van der Waals surface area contributed by atoms with Gasteiger partial charge in [-0.3, -0.25) is 4.79 Å². The number of amides is 1. The van der Waals surface area contributed by atoms with Gasteiger partial charge in [0.2, 0.25) is 5.91 Å². The molecule has 2 rings (SSSR count). The molecule has 0 bridgehead atoms. The summed E-state index contributed by atoms with van der Waals surface area (Å²) in [5, 5.41) is 3.31. The van der Waals surface area contributed by atoms with E-state index in [1.807, 2.05) is 12.1 Å². The van der Waals surface area contributed by atoms with Crippen LogP contribution in [0.3, 0.4) is 0 Å². The number of nitrogens with two attached hydrogens (primary N) is 1. The van der Waals surface area contributed by atoms with Gasteiger partial charge >= 0.3 is 0 Å². The second-order valence-electron chi connectivity index (χ2n) is 5.36. The van der Waals surface area contributed by atoms with Crippen molar-refractivity contribution in [3.8, 4) is 0 Å². The van der Waals surface area contributed by atoms with E-state index in [9.17, 15) is 4.79 Å². The molecule has 4 heteroatoms. The summed E-state index contributed by atoms with van der Waals surface area (Å²) in [4.78, 5) is 10.9. The first kappa shape index (κ1) is 12.9. The second kappa shape index (κ2) is 4.98. The van der Waals surface area contributed by atoms with Crippen molar-refractivity contribution < 1.29 is 9.53 Å². The summed E-state index contributed by atoms with van der Waals surface area (Å²) in [5.41, 5.74) is 6.70. The van der Waals surface area contributed by atoms with Crippen molar-refractivity contribution >= 4 is 11.6 Å². The molecule has 1 atom stereocenters. The van der Waals surface area contributed by atoms with E-state index in [0.29, 0.717) is 5.56 Å². The average molecular weight is 248 g/mol. The van der Waals surface area contributed by atoms with Crippen LogP contribution in [0.5, 0.6) is 0 Å². The van der Waals surface area contributed by atoms with Crippen LogP contribution in [0.2, 0.25) is 0 Å². The van der Waals surface area contributed by atoms with Gasteiger partial charge in [-0.05, 0) is 51.0 Å². The minimum Gasteiger partial charge on any atom is -0.382 e. The highest BCUT2D eigenvalue weighted by Gasteiger charge is 2.31. The van der Waals surface area contributed by atoms with Gasteiger partial charge in [-0.2, -0.15) is 0 Å². The van der Waals surface area contributed by atoms with Gasteiger partial charge in [-0.25, -0.2) is 0 Å². The molecule has 1 aliphatic rings. The summed E-state index contributed by atoms with van der Waals surface area (Å²) in [6.07, 6.45) is 2.44. The molecule has 1 amide bonds. The van der Waals surface area contributed by atoms with Gasteiger partial charge < -0.3 is 15.8 Å². The number of hydrogen-bond donors (Lipinski definition) is 2. The van der Waals surface area contributed by atoms with Crippen molar-refractivity contribution in [2.75, 3.05) is 11.9 Å². The van der Waals surface area contributed by atoms with E-state index in [2.05, 4.69) is 19.2 Å². The molecular formula is C14H20N2O2. The molecule has 0 spiro atoms. The minimum atomic E-state index is -0.401. The molecule has 0 saturated carbocycles. The highest BCUT2D eigenvalue weighted by Crippen LogP contribution is 2.29. The zero-order chi connectivity index (χ0) is 13.2. The van der Waals surface area contributed by atoms with E-state index in [0.717, 1.165) is 25.1 Å². The molecule has 4 nitrogen and oxygen atoms in total. The Hall–Kier alpha value is -1.55. The molecule has 1 aromatic rings. The van der Waals surface area contributed by atoms with Gasteiger partial charge in [0, 0.05) is 17.8 Å². The molecule has 0 aliphatic carbocycles. The van der Waals surface area contributed by atoms with Crippen molar-refractivity contribution in [2.24, 2.45) is 5.73 Å². The number of anilines is 1. The lowest BCUT2D eigenvalue weighted by Crippen LogP contribution is -2.24. The average Bonchev–Trinajstić information content (AvgIpc) is 2.67. The first-order valence-corrected chi connectivity index (χ1v) is 6.28. The molecule has 3 N–H and O–H groups in total. The summed E-state index contributed by atoms with van der Waals surface area (Å²) >= 11 is 0. The molecule has 1 heterocycles. The lowest BCUT2D eigenvalue weighted by atomic mass is 10.1. The van der Waals surface area contributed by atoms with Gasteiger partial charge in [-0.1, -0.05) is 0 Å². The Morgan fingerprint density at radius 2 is 2.11 bits per heavy atom. The van der Waals surface area contributed by atoms with Crippen LogP contribution >= 0.6 is 0 Å². The van der Waals surface area contributed by atoms with Gasteiger partial charge in [-0.15, -0.1) is 0 Å². The zero-order valence-corrected chi connectivity index (χ0v) is 10.9. The van der Waals surface area contributed by atoms with Crippen LogP contribution in [0.15, 0.2) is 24.3 Å². The second-order valence-corrected chi connectivity index (χ2v) is 5.36. The number of benzene rings is 1. The normalized spacial score (nSPS) is 21.8. The van der Waals surface area contributed by atoms with Gasteiger partial charge in [0.25, 0.3) is 0 Å². The van der Waals surface area contributed by atoms with E-state index in [1.54, 1.807) is 12.1 Å². The molecule has 18 heavy (non-hydrogen) atoms. The van der Waals surface area contributed by atoms with Gasteiger partial charge in [0.05, 0.1) is 11.7 Å². The number of primary amides is 1. The monoisotopic (exact) mass is 248 g/mol. The lowest BCUT2D eigenvalue weighted by Gasteiger charge is -2.19. The fraction of sp³-hybridized carbons (Fsp3) is 0.500. The largest absolute Gasteiger partial charge is 0.382 e. The molecule has 0 radical (unpaired) electrons. The lowest BCUT2D eigenvalue weighted by molar-refractivity contribution is -0.00911. The first-order valence-electron chi connectivity index (χ1n) is 6.28. The zero-order valence-electron chi connectivity index (χ0n) is 10.9. The van der Waals surface area contributed by atoms with E-state index >= 15 is 0 Å². The summed E-state index contributed by atoms with van der Waals surface area (Å²) < 4.78 is 5.90. The Bertz CT molecular complexity index is 426. The smallest absolute Gasteiger partial charge is 0.248 e. The van der Waals surface area contributed by atoms with Gasteiger partial charge in [0.15, 0.2) is 0 Å². The number of rotatable bonds is 4. The maximum absolute atomic E-state index is 10.9. The number of ether oxygens (including phenoxy) is 1. The van der Waals surface area contributed by atoms with Crippen LogP contribution in [-0.4, -0.2) is 24.2 Å². The molecule has 0 aromatic heterocycles. The van der Waals surface area contributed by atoms with Crippen LogP contribution in [-0.2, 0) is 4.74 Å². The van der Waals surface area contributed by atoms with E-state index in [1.165, 1.54) is 0 Å².